The molecule has 0 saturated heterocycles. The fraction of sp³-hybridized carbons (Fsp3) is 0.529. The minimum Gasteiger partial charge on any atom is -0.464 e. The van der Waals surface area contributed by atoms with Gasteiger partial charge in [0.15, 0.2) is 0 Å². The summed E-state index contributed by atoms with van der Waals surface area (Å²) in [5.41, 5.74) is 7.61. The van der Waals surface area contributed by atoms with Crippen molar-refractivity contribution in [2.45, 2.75) is 39.7 Å². The number of amides is 1. The number of nitrogens with two attached hydrogens (primary N) is 1. The number of carbonyl (C=O) groups excluding carboxylic acids is 2. The van der Waals surface area contributed by atoms with Gasteiger partial charge in [0, 0.05) is 5.69 Å². The van der Waals surface area contributed by atoms with Crippen LogP contribution in [0.15, 0.2) is 24.3 Å². The van der Waals surface area contributed by atoms with Crippen LogP contribution in [0.1, 0.15) is 32.8 Å². The second kappa shape index (κ2) is 6.48. The van der Waals surface area contributed by atoms with Gasteiger partial charge >= 0.3 is 5.97 Å². The van der Waals surface area contributed by atoms with Crippen molar-refractivity contribution in [3.63, 3.8) is 0 Å². The second-order valence-corrected chi connectivity index (χ2v) is 6.92. The quantitative estimate of drug-likeness (QED) is 0.865. The average molecular weight is 304 g/mol. The maximum atomic E-state index is 12.4. The summed E-state index contributed by atoms with van der Waals surface area (Å²) >= 11 is 0. The van der Waals surface area contributed by atoms with E-state index in [2.05, 4.69) is 0 Å². The van der Waals surface area contributed by atoms with E-state index in [1.54, 1.807) is 0 Å². The zero-order valence-corrected chi connectivity index (χ0v) is 13.5. The molecule has 0 unspecified atom stereocenters. The summed E-state index contributed by atoms with van der Waals surface area (Å²) in [7, 11) is 0. The van der Waals surface area contributed by atoms with Crippen molar-refractivity contribution < 1.29 is 14.3 Å². The molecule has 1 aliphatic heterocycles. The van der Waals surface area contributed by atoms with Gasteiger partial charge in [-0.1, -0.05) is 39.0 Å². The summed E-state index contributed by atoms with van der Waals surface area (Å²) in [4.78, 5) is 26.0. The lowest BCUT2D eigenvalue weighted by molar-refractivity contribution is -0.145. The molecule has 2 rings (SSSR count). The summed E-state index contributed by atoms with van der Waals surface area (Å²) in [5, 5.41) is 0. The first-order chi connectivity index (χ1) is 10.3. The molecular formula is C17H24N2O3. The second-order valence-electron chi connectivity index (χ2n) is 6.92. The zero-order chi connectivity index (χ0) is 16.3. The fourth-order valence-electron chi connectivity index (χ4n) is 2.37. The summed E-state index contributed by atoms with van der Waals surface area (Å²) in [6.45, 7) is 6.19. The third kappa shape index (κ3) is 4.07. The molecule has 1 aromatic carbocycles. The number of anilines is 1. The van der Waals surface area contributed by atoms with Gasteiger partial charge in [-0.2, -0.15) is 0 Å². The van der Waals surface area contributed by atoms with Crippen LogP contribution < -0.4 is 10.6 Å². The first kappa shape index (κ1) is 16.5. The van der Waals surface area contributed by atoms with E-state index in [9.17, 15) is 9.59 Å². The molecule has 1 heterocycles. The lowest BCUT2D eigenvalue weighted by Gasteiger charge is -2.25. The van der Waals surface area contributed by atoms with Crippen LogP contribution in [0.5, 0.6) is 0 Å². The van der Waals surface area contributed by atoms with Crippen molar-refractivity contribution in [2.24, 2.45) is 11.1 Å². The third-order valence-electron chi connectivity index (χ3n) is 3.54. The van der Waals surface area contributed by atoms with E-state index in [-0.39, 0.29) is 17.9 Å². The number of nitrogens with zero attached hydrogens (tertiary/aromatic N) is 1. The van der Waals surface area contributed by atoms with E-state index < -0.39 is 12.0 Å². The summed E-state index contributed by atoms with van der Waals surface area (Å²) < 4.78 is 5.27. The standard InChI is InChI=1S/C17H24N2O3/c1-17(2,3)11-22-15(20)10-19-14-7-5-4-6-12(14)8-9-13(18)16(19)21/h4-7,13H,8-11,18H2,1-3H3/t13-/m0/s1. The van der Waals surface area contributed by atoms with Crippen molar-refractivity contribution >= 4 is 17.6 Å². The number of rotatable bonds is 3. The van der Waals surface area contributed by atoms with E-state index in [4.69, 9.17) is 10.5 Å². The van der Waals surface area contributed by atoms with E-state index in [0.29, 0.717) is 13.0 Å². The molecule has 22 heavy (non-hydrogen) atoms. The predicted octanol–water partition coefficient (Wildman–Crippen LogP) is 1.88. The van der Waals surface area contributed by atoms with E-state index in [1.807, 2.05) is 45.0 Å². The molecular weight excluding hydrogens is 280 g/mol. The first-order valence-corrected chi connectivity index (χ1v) is 7.58. The maximum Gasteiger partial charge on any atom is 0.326 e. The van der Waals surface area contributed by atoms with Gasteiger partial charge in [-0.15, -0.1) is 0 Å². The molecule has 1 amide bonds. The molecule has 0 aliphatic carbocycles. The Bertz CT molecular complexity index is 563. The van der Waals surface area contributed by atoms with Gasteiger partial charge in [0.25, 0.3) is 0 Å². The monoisotopic (exact) mass is 304 g/mol. The Morgan fingerprint density at radius 2 is 2.05 bits per heavy atom. The number of ether oxygens (including phenoxy) is 1. The minimum atomic E-state index is -0.581. The van der Waals surface area contributed by atoms with E-state index >= 15 is 0 Å². The summed E-state index contributed by atoms with van der Waals surface area (Å²) in [5.74, 6) is -0.634. The lowest BCUT2D eigenvalue weighted by Crippen LogP contribution is -2.45. The normalized spacial score (nSPS) is 18.6. The van der Waals surface area contributed by atoms with Crippen LogP contribution in [-0.2, 0) is 20.7 Å². The molecule has 0 radical (unpaired) electrons. The SMILES string of the molecule is CC(C)(C)COC(=O)CN1C(=O)[C@@H](N)CCc2ccccc21. The van der Waals surface area contributed by atoms with Gasteiger partial charge in [-0.3, -0.25) is 14.5 Å². The molecule has 0 saturated carbocycles. The van der Waals surface area contributed by atoms with Crippen molar-refractivity contribution in [2.75, 3.05) is 18.1 Å². The van der Waals surface area contributed by atoms with E-state index in [0.717, 1.165) is 17.7 Å². The predicted molar refractivity (Wildman–Crippen MR) is 85.5 cm³/mol. The lowest BCUT2D eigenvalue weighted by atomic mass is 9.99. The topological polar surface area (TPSA) is 72.6 Å². The Morgan fingerprint density at radius 3 is 2.73 bits per heavy atom. The third-order valence-corrected chi connectivity index (χ3v) is 3.54. The Balaban J connectivity index is 2.16. The van der Waals surface area contributed by atoms with Crippen LogP contribution in [0.4, 0.5) is 5.69 Å². The highest BCUT2D eigenvalue weighted by atomic mass is 16.5. The number of para-hydroxylation sites is 1. The molecule has 1 aliphatic rings. The molecule has 1 aromatic rings. The highest BCUT2D eigenvalue weighted by Gasteiger charge is 2.29. The summed E-state index contributed by atoms with van der Waals surface area (Å²) in [6.07, 6.45) is 1.32. The number of hydrogen-bond donors (Lipinski definition) is 1. The van der Waals surface area contributed by atoms with Crippen LogP contribution >= 0.6 is 0 Å². The molecule has 2 N–H and O–H groups in total. The molecule has 0 aromatic heterocycles. The van der Waals surface area contributed by atoms with Crippen molar-refractivity contribution in [1.29, 1.82) is 0 Å². The fourth-order valence-corrected chi connectivity index (χ4v) is 2.37. The van der Waals surface area contributed by atoms with Crippen LogP contribution in [0, 0.1) is 5.41 Å². The molecule has 1 atom stereocenters. The average Bonchev–Trinajstić information content (AvgIpc) is 2.57. The van der Waals surface area contributed by atoms with Gasteiger partial charge < -0.3 is 10.5 Å². The van der Waals surface area contributed by atoms with Crippen molar-refractivity contribution in [1.82, 2.24) is 0 Å². The number of esters is 1. The van der Waals surface area contributed by atoms with Gasteiger partial charge in [-0.25, -0.2) is 0 Å². The number of carbonyl (C=O) groups is 2. The highest BCUT2D eigenvalue weighted by Crippen LogP contribution is 2.26. The minimum absolute atomic E-state index is 0.0976. The van der Waals surface area contributed by atoms with Crippen LogP contribution in [0.25, 0.3) is 0 Å². The number of fused-ring (bicyclic) bond motifs is 1. The highest BCUT2D eigenvalue weighted by molar-refractivity contribution is 6.01. The maximum absolute atomic E-state index is 12.4. The molecule has 0 bridgehead atoms. The Labute approximate surface area is 131 Å². The largest absolute Gasteiger partial charge is 0.464 e. The Hall–Kier alpha value is -1.88. The van der Waals surface area contributed by atoms with Crippen molar-refractivity contribution in [3.05, 3.63) is 29.8 Å². The van der Waals surface area contributed by atoms with Gasteiger partial charge in [-0.05, 0) is 29.9 Å². The number of aryl methyl sites for hydroxylation is 1. The molecule has 0 fully saturated rings. The van der Waals surface area contributed by atoms with Crippen LogP contribution in [0.2, 0.25) is 0 Å². The number of benzene rings is 1. The van der Waals surface area contributed by atoms with Crippen LogP contribution in [0.3, 0.4) is 0 Å². The molecule has 5 nitrogen and oxygen atoms in total. The summed E-state index contributed by atoms with van der Waals surface area (Å²) in [6, 6.07) is 7.02. The smallest absolute Gasteiger partial charge is 0.326 e. The van der Waals surface area contributed by atoms with Gasteiger partial charge in [0.2, 0.25) is 5.91 Å². The Morgan fingerprint density at radius 1 is 1.36 bits per heavy atom. The zero-order valence-electron chi connectivity index (χ0n) is 13.5. The molecule has 0 spiro atoms. The molecule has 120 valence electrons. The number of hydrogen-bond acceptors (Lipinski definition) is 4. The van der Waals surface area contributed by atoms with Crippen LogP contribution in [-0.4, -0.2) is 31.1 Å². The Kier molecular flexibility index (Phi) is 4.86. The van der Waals surface area contributed by atoms with Crippen molar-refractivity contribution in [3.8, 4) is 0 Å². The van der Waals surface area contributed by atoms with Gasteiger partial charge in [0.1, 0.15) is 6.54 Å². The molecule has 5 heteroatoms. The van der Waals surface area contributed by atoms with Gasteiger partial charge in [0.05, 0.1) is 12.6 Å². The van der Waals surface area contributed by atoms with E-state index in [1.165, 1.54) is 4.90 Å². The first-order valence-electron chi connectivity index (χ1n) is 7.58.